The van der Waals surface area contributed by atoms with Crippen molar-refractivity contribution in [3.05, 3.63) is 29.8 Å². The molecule has 0 bridgehead atoms. The van der Waals surface area contributed by atoms with Crippen LogP contribution in [0.3, 0.4) is 0 Å². The number of fused-ring (bicyclic) bond motifs is 1. The van der Waals surface area contributed by atoms with Gasteiger partial charge in [0.25, 0.3) is 0 Å². The van der Waals surface area contributed by atoms with Crippen molar-refractivity contribution in [1.29, 1.82) is 0 Å². The molecule has 2 atom stereocenters. The fourth-order valence-electron chi connectivity index (χ4n) is 3.54. The number of ether oxygens (including phenoxy) is 1. The number of nitrogens with zero attached hydrogens (tertiary/aromatic N) is 1. The number of hydrogen-bond acceptors (Lipinski definition) is 3. The molecule has 1 aliphatic heterocycles. The van der Waals surface area contributed by atoms with Crippen LogP contribution in [0.4, 0.5) is 5.69 Å². The van der Waals surface area contributed by atoms with E-state index in [0.29, 0.717) is 12.1 Å². The molecule has 19 heavy (non-hydrogen) atoms. The summed E-state index contributed by atoms with van der Waals surface area (Å²) in [6, 6.07) is 9.34. The van der Waals surface area contributed by atoms with Crippen LogP contribution in [0.15, 0.2) is 24.3 Å². The zero-order valence-electron chi connectivity index (χ0n) is 11.8. The highest BCUT2D eigenvalue weighted by molar-refractivity contribution is 5.55. The molecule has 0 radical (unpaired) electrons. The molecule has 1 aromatic carbocycles. The molecule has 1 aromatic rings. The Labute approximate surface area is 115 Å². The lowest BCUT2D eigenvalue weighted by Crippen LogP contribution is -2.48. The minimum Gasteiger partial charge on any atom is -0.379 e. The zero-order valence-corrected chi connectivity index (χ0v) is 11.8. The van der Waals surface area contributed by atoms with Crippen LogP contribution in [0.5, 0.6) is 0 Å². The Morgan fingerprint density at radius 3 is 2.95 bits per heavy atom. The molecule has 3 nitrogen and oxygen atoms in total. The van der Waals surface area contributed by atoms with Gasteiger partial charge in [-0.25, -0.2) is 0 Å². The highest BCUT2D eigenvalue weighted by Crippen LogP contribution is 2.31. The van der Waals surface area contributed by atoms with Crippen LogP contribution < -0.4 is 10.2 Å². The Hall–Kier alpha value is -1.06. The van der Waals surface area contributed by atoms with Crippen molar-refractivity contribution in [2.45, 2.75) is 44.4 Å². The van der Waals surface area contributed by atoms with Crippen molar-refractivity contribution < 1.29 is 4.74 Å². The van der Waals surface area contributed by atoms with Crippen LogP contribution in [0.1, 0.15) is 31.2 Å². The lowest BCUT2D eigenvalue weighted by atomic mass is 9.90. The molecule has 2 aliphatic rings. The Kier molecular flexibility index (Phi) is 4.04. The van der Waals surface area contributed by atoms with E-state index in [0.717, 1.165) is 19.6 Å². The lowest BCUT2D eigenvalue weighted by molar-refractivity contribution is 0.0516. The summed E-state index contributed by atoms with van der Waals surface area (Å²) in [5.74, 6) is 0. The Bertz CT molecular complexity index is 421. The third-order valence-corrected chi connectivity index (χ3v) is 4.52. The second kappa shape index (κ2) is 5.93. The largest absolute Gasteiger partial charge is 0.379 e. The molecule has 0 spiro atoms. The lowest BCUT2D eigenvalue weighted by Gasteiger charge is -2.40. The molecular formula is C16H24N2O. The minimum absolute atomic E-state index is 0.389. The molecule has 0 saturated heterocycles. The van der Waals surface area contributed by atoms with Crippen molar-refractivity contribution in [3.8, 4) is 0 Å². The summed E-state index contributed by atoms with van der Waals surface area (Å²) < 4.78 is 5.75. The van der Waals surface area contributed by atoms with Gasteiger partial charge in [0.1, 0.15) is 0 Å². The molecule has 0 aromatic heterocycles. The van der Waals surface area contributed by atoms with Crippen LogP contribution in [0.2, 0.25) is 0 Å². The topological polar surface area (TPSA) is 24.5 Å². The Morgan fingerprint density at radius 2 is 2.05 bits per heavy atom. The van der Waals surface area contributed by atoms with E-state index in [4.69, 9.17) is 4.74 Å². The number of methoxy groups -OCH3 is 1. The standard InChI is InChI=1S/C16H24N2O/c1-19-16-9-5-4-8-15(16)18-11-10-17-12-13-6-2-3-7-14(13)18/h2-3,6-7,15-17H,4-5,8-12H2,1H3. The number of hydrogen-bond donors (Lipinski definition) is 1. The Balaban J connectivity index is 1.90. The summed E-state index contributed by atoms with van der Waals surface area (Å²) in [6.45, 7) is 3.13. The van der Waals surface area contributed by atoms with E-state index in [9.17, 15) is 0 Å². The van der Waals surface area contributed by atoms with E-state index < -0.39 is 0 Å². The molecule has 0 amide bonds. The SMILES string of the molecule is COC1CCCCC1N1CCNCc2ccccc21. The molecule has 1 heterocycles. The first-order valence-corrected chi connectivity index (χ1v) is 7.48. The highest BCUT2D eigenvalue weighted by atomic mass is 16.5. The second-order valence-electron chi connectivity index (χ2n) is 5.62. The molecule has 3 rings (SSSR count). The van der Waals surface area contributed by atoms with Crippen molar-refractivity contribution >= 4 is 5.69 Å². The summed E-state index contributed by atoms with van der Waals surface area (Å²) in [5, 5.41) is 3.52. The van der Waals surface area contributed by atoms with E-state index in [2.05, 4.69) is 34.5 Å². The molecule has 1 N–H and O–H groups in total. The normalized spacial score (nSPS) is 27.7. The van der Waals surface area contributed by atoms with E-state index in [1.54, 1.807) is 0 Å². The van der Waals surface area contributed by atoms with E-state index >= 15 is 0 Å². The molecular weight excluding hydrogens is 236 g/mol. The van der Waals surface area contributed by atoms with Gasteiger partial charge in [-0.2, -0.15) is 0 Å². The smallest absolute Gasteiger partial charge is 0.0774 e. The van der Waals surface area contributed by atoms with Crippen molar-refractivity contribution in [1.82, 2.24) is 5.32 Å². The van der Waals surface area contributed by atoms with Gasteiger partial charge in [0.15, 0.2) is 0 Å². The first kappa shape index (κ1) is 12.9. The average Bonchev–Trinajstić information content (AvgIpc) is 2.69. The predicted octanol–water partition coefficient (Wildman–Crippen LogP) is 2.55. The van der Waals surface area contributed by atoms with E-state index in [1.165, 1.54) is 36.9 Å². The summed E-state index contributed by atoms with van der Waals surface area (Å²) in [4.78, 5) is 2.59. The zero-order chi connectivity index (χ0) is 13.1. The van der Waals surface area contributed by atoms with E-state index in [1.807, 2.05) is 7.11 Å². The average molecular weight is 260 g/mol. The van der Waals surface area contributed by atoms with Gasteiger partial charge in [-0.05, 0) is 24.5 Å². The fourth-order valence-corrected chi connectivity index (χ4v) is 3.54. The van der Waals surface area contributed by atoms with Crippen molar-refractivity contribution in [2.24, 2.45) is 0 Å². The molecule has 104 valence electrons. The quantitative estimate of drug-likeness (QED) is 0.884. The maximum atomic E-state index is 5.75. The third-order valence-electron chi connectivity index (χ3n) is 4.52. The van der Waals surface area contributed by atoms with Crippen LogP contribution in [0.25, 0.3) is 0 Å². The van der Waals surface area contributed by atoms with Gasteiger partial charge >= 0.3 is 0 Å². The molecule has 2 unspecified atom stereocenters. The number of para-hydroxylation sites is 1. The first-order valence-electron chi connectivity index (χ1n) is 7.48. The number of nitrogens with one attached hydrogen (secondary N) is 1. The van der Waals surface area contributed by atoms with Gasteiger partial charge in [0.05, 0.1) is 12.1 Å². The van der Waals surface area contributed by atoms with Gasteiger partial charge in [0, 0.05) is 32.4 Å². The van der Waals surface area contributed by atoms with Gasteiger partial charge < -0.3 is 15.0 Å². The highest BCUT2D eigenvalue weighted by Gasteiger charge is 2.31. The fraction of sp³-hybridized carbons (Fsp3) is 0.625. The third kappa shape index (κ3) is 2.63. The van der Waals surface area contributed by atoms with Crippen LogP contribution in [-0.2, 0) is 11.3 Å². The Morgan fingerprint density at radius 1 is 1.21 bits per heavy atom. The molecule has 3 heteroatoms. The molecule has 1 fully saturated rings. The van der Waals surface area contributed by atoms with Gasteiger partial charge in [0.2, 0.25) is 0 Å². The van der Waals surface area contributed by atoms with Gasteiger partial charge in [-0.1, -0.05) is 31.0 Å². The minimum atomic E-state index is 0.389. The van der Waals surface area contributed by atoms with Gasteiger partial charge in [-0.15, -0.1) is 0 Å². The van der Waals surface area contributed by atoms with Crippen molar-refractivity contribution in [2.75, 3.05) is 25.1 Å². The second-order valence-corrected chi connectivity index (χ2v) is 5.62. The predicted molar refractivity (Wildman–Crippen MR) is 78.5 cm³/mol. The van der Waals surface area contributed by atoms with Gasteiger partial charge in [-0.3, -0.25) is 0 Å². The molecule has 1 aliphatic carbocycles. The van der Waals surface area contributed by atoms with E-state index in [-0.39, 0.29) is 0 Å². The first-order chi connectivity index (χ1) is 9.40. The maximum absolute atomic E-state index is 5.75. The summed E-state index contributed by atoms with van der Waals surface area (Å²) in [7, 11) is 1.87. The van der Waals surface area contributed by atoms with Crippen LogP contribution >= 0.6 is 0 Å². The number of anilines is 1. The van der Waals surface area contributed by atoms with Crippen LogP contribution in [-0.4, -0.2) is 32.3 Å². The summed E-state index contributed by atoms with van der Waals surface area (Å²) in [6.07, 6.45) is 5.49. The molecule has 1 saturated carbocycles. The number of benzene rings is 1. The maximum Gasteiger partial charge on any atom is 0.0774 e. The van der Waals surface area contributed by atoms with Crippen LogP contribution in [0, 0.1) is 0 Å². The van der Waals surface area contributed by atoms with Crippen molar-refractivity contribution in [3.63, 3.8) is 0 Å². The summed E-state index contributed by atoms with van der Waals surface area (Å²) in [5.41, 5.74) is 2.82. The number of rotatable bonds is 2. The summed E-state index contributed by atoms with van der Waals surface area (Å²) >= 11 is 0. The monoisotopic (exact) mass is 260 g/mol.